The van der Waals surface area contributed by atoms with Crippen LogP contribution in [0.25, 0.3) is 0 Å². The average Bonchev–Trinajstić information content (AvgIpc) is 3.12. The maximum absolute atomic E-state index is 12.5. The van der Waals surface area contributed by atoms with Gasteiger partial charge in [-0.05, 0) is 26.7 Å². The van der Waals surface area contributed by atoms with E-state index in [2.05, 4.69) is 15.1 Å². The number of halogens is 1. The van der Waals surface area contributed by atoms with Crippen molar-refractivity contribution in [3.8, 4) is 0 Å². The van der Waals surface area contributed by atoms with Crippen LogP contribution in [0.5, 0.6) is 0 Å². The lowest BCUT2D eigenvalue weighted by Gasteiger charge is -2.37. The summed E-state index contributed by atoms with van der Waals surface area (Å²) in [5.41, 5.74) is -0.486. The van der Waals surface area contributed by atoms with Gasteiger partial charge in [0.25, 0.3) is 0 Å². The van der Waals surface area contributed by atoms with Crippen molar-refractivity contribution in [3.63, 3.8) is 0 Å². The summed E-state index contributed by atoms with van der Waals surface area (Å²) in [4.78, 5) is 16.7. The second-order valence-electron chi connectivity index (χ2n) is 7.55. The smallest absolute Gasteiger partial charge is 0.229 e. The van der Waals surface area contributed by atoms with Crippen LogP contribution in [0.3, 0.4) is 0 Å². The van der Waals surface area contributed by atoms with Crippen LogP contribution in [-0.2, 0) is 4.79 Å². The number of aromatic nitrogens is 2. The van der Waals surface area contributed by atoms with Crippen LogP contribution < -0.4 is 4.90 Å². The number of piperazine rings is 1. The molecule has 0 spiro atoms. The number of anilines is 1. The van der Waals surface area contributed by atoms with Crippen LogP contribution in [0, 0.1) is 5.41 Å². The molecule has 0 radical (unpaired) electrons. The van der Waals surface area contributed by atoms with E-state index < -0.39 is 5.41 Å². The summed E-state index contributed by atoms with van der Waals surface area (Å²) in [6.07, 6.45) is 6.50. The molecule has 2 heterocycles. The van der Waals surface area contributed by atoms with Gasteiger partial charge in [0.2, 0.25) is 11.0 Å². The Bertz CT molecular complexity index is 563. The minimum atomic E-state index is -0.486. The summed E-state index contributed by atoms with van der Waals surface area (Å²) in [7, 11) is 0. The van der Waals surface area contributed by atoms with Gasteiger partial charge in [-0.3, -0.25) is 4.79 Å². The van der Waals surface area contributed by atoms with E-state index >= 15 is 0 Å². The van der Waals surface area contributed by atoms with E-state index in [0.29, 0.717) is 11.8 Å². The third kappa shape index (κ3) is 3.85. The Morgan fingerprint density at radius 1 is 1.17 bits per heavy atom. The van der Waals surface area contributed by atoms with Crippen molar-refractivity contribution in [2.75, 3.05) is 37.0 Å². The van der Waals surface area contributed by atoms with Crippen molar-refractivity contribution < 1.29 is 4.79 Å². The first-order valence-electron chi connectivity index (χ1n) is 8.95. The lowest BCUT2D eigenvalue weighted by Crippen LogP contribution is -2.52. The summed E-state index contributed by atoms with van der Waals surface area (Å²) < 4.78 is 0. The summed E-state index contributed by atoms with van der Waals surface area (Å²) in [5, 5.41) is 11.1. The Labute approximate surface area is 153 Å². The SMILES string of the molecule is CC(C)(CCl)C(=O)N1CCN(c2nnc(C3CCCCC3)s2)CC1. The summed E-state index contributed by atoms with van der Waals surface area (Å²) in [5.74, 6) is 1.11. The molecule has 134 valence electrons. The molecule has 0 unspecified atom stereocenters. The molecule has 0 aromatic carbocycles. The highest BCUT2D eigenvalue weighted by atomic mass is 35.5. The second kappa shape index (κ2) is 7.56. The van der Waals surface area contributed by atoms with E-state index in [1.54, 1.807) is 11.3 Å². The number of carbonyl (C=O) groups excluding carboxylic acids is 1. The van der Waals surface area contributed by atoms with Crippen LogP contribution >= 0.6 is 22.9 Å². The molecule has 1 aliphatic carbocycles. The van der Waals surface area contributed by atoms with Crippen LogP contribution in [-0.4, -0.2) is 53.1 Å². The lowest BCUT2D eigenvalue weighted by molar-refractivity contribution is -0.139. The molecule has 1 saturated carbocycles. The Morgan fingerprint density at radius 3 is 2.46 bits per heavy atom. The number of alkyl halides is 1. The highest BCUT2D eigenvalue weighted by molar-refractivity contribution is 7.15. The molecule has 7 heteroatoms. The van der Waals surface area contributed by atoms with Crippen molar-refractivity contribution >= 4 is 34.0 Å². The number of hydrogen-bond donors (Lipinski definition) is 0. The van der Waals surface area contributed by atoms with Gasteiger partial charge in [-0.2, -0.15) is 0 Å². The molecular formula is C17H27ClN4OS. The van der Waals surface area contributed by atoms with Gasteiger partial charge >= 0.3 is 0 Å². The van der Waals surface area contributed by atoms with E-state index in [1.165, 1.54) is 37.1 Å². The van der Waals surface area contributed by atoms with E-state index in [1.807, 2.05) is 18.7 Å². The molecule has 0 N–H and O–H groups in total. The molecule has 24 heavy (non-hydrogen) atoms. The zero-order valence-electron chi connectivity index (χ0n) is 14.6. The van der Waals surface area contributed by atoms with Gasteiger partial charge < -0.3 is 9.80 Å². The van der Waals surface area contributed by atoms with Crippen LogP contribution in [0.4, 0.5) is 5.13 Å². The molecule has 0 bridgehead atoms. The van der Waals surface area contributed by atoms with Crippen LogP contribution in [0.15, 0.2) is 0 Å². The molecule has 1 aliphatic heterocycles. The molecule has 2 fully saturated rings. The molecule has 1 amide bonds. The molecule has 3 rings (SSSR count). The van der Waals surface area contributed by atoms with Gasteiger partial charge in [0, 0.05) is 38.0 Å². The molecule has 5 nitrogen and oxygen atoms in total. The van der Waals surface area contributed by atoms with Gasteiger partial charge in [-0.15, -0.1) is 21.8 Å². The van der Waals surface area contributed by atoms with Crippen LogP contribution in [0.2, 0.25) is 0 Å². The Hall–Kier alpha value is -0.880. The minimum Gasteiger partial charge on any atom is -0.343 e. The first-order valence-corrected chi connectivity index (χ1v) is 10.3. The molecule has 1 aromatic rings. The summed E-state index contributed by atoms with van der Waals surface area (Å²) in [6.45, 7) is 6.94. The van der Waals surface area contributed by atoms with Crippen molar-refractivity contribution in [1.29, 1.82) is 0 Å². The standard InChI is InChI=1S/C17H27ClN4OS/c1-17(2,12-18)15(23)21-8-10-22(11-9-21)16-20-19-14(24-16)13-6-4-3-5-7-13/h13H,3-12H2,1-2H3. The summed E-state index contributed by atoms with van der Waals surface area (Å²) in [6, 6.07) is 0. The van der Waals surface area contributed by atoms with Gasteiger partial charge in [-0.1, -0.05) is 30.6 Å². The molecule has 2 aliphatic rings. The van der Waals surface area contributed by atoms with E-state index in [9.17, 15) is 4.79 Å². The van der Waals surface area contributed by atoms with Gasteiger partial charge in [-0.25, -0.2) is 0 Å². The monoisotopic (exact) mass is 370 g/mol. The van der Waals surface area contributed by atoms with E-state index in [-0.39, 0.29) is 5.91 Å². The highest BCUT2D eigenvalue weighted by Crippen LogP contribution is 2.36. The van der Waals surface area contributed by atoms with Crippen molar-refractivity contribution in [1.82, 2.24) is 15.1 Å². The fraction of sp³-hybridized carbons (Fsp3) is 0.824. The zero-order chi connectivity index (χ0) is 17.2. The topological polar surface area (TPSA) is 49.3 Å². The van der Waals surface area contributed by atoms with Gasteiger partial charge in [0.1, 0.15) is 5.01 Å². The lowest BCUT2D eigenvalue weighted by atomic mass is 9.90. The number of carbonyl (C=O) groups is 1. The van der Waals surface area contributed by atoms with E-state index in [0.717, 1.165) is 31.3 Å². The van der Waals surface area contributed by atoms with Crippen molar-refractivity contribution in [2.24, 2.45) is 5.41 Å². The van der Waals surface area contributed by atoms with Crippen LogP contribution in [0.1, 0.15) is 56.9 Å². The maximum atomic E-state index is 12.5. The fourth-order valence-corrected chi connectivity index (χ4v) is 4.63. The maximum Gasteiger partial charge on any atom is 0.229 e. The molecular weight excluding hydrogens is 344 g/mol. The van der Waals surface area contributed by atoms with Gasteiger partial charge in [0.05, 0.1) is 5.41 Å². The largest absolute Gasteiger partial charge is 0.343 e. The summed E-state index contributed by atoms with van der Waals surface area (Å²) >= 11 is 7.68. The Kier molecular flexibility index (Phi) is 5.65. The fourth-order valence-electron chi connectivity index (χ4n) is 3.45. The van der Waals surface area contributed by atoms with E-state index in [4.69, 9.17) is 11.6 Å². The minimum absolute atomic E-state index is 0.150. The number of nitrogens with zero attached hydrogens (tertiary/aromatic N) is 4. The number of amides is 1. The van der Waals surface area contributed by atoms with Crippen molar-refractivity contribution in [3.05, 3.63) is 5.01 Å². The molecule has 1 aromatic heterocycles. The molecule has 0 atom stereocenters. The first kappa shape index (κ1) is 17.9. The second-order valence-corrected chi connectivity index (χ2v) is 8.81. The average molecular weight is 371 g/mol. The highest BCUT2D eigenvalue weighted by Gasteiger charge is 2.33. The quantitative estimate of drug-likeness (QED) is 0.761. The van der Waals surface area contributed by atoms with Crippen molar-refractivity contribution in [2.45, 2.75) is 51.9 Å². The molecule has 1 saturated heterocycles. The normalized spacial score (nSPS) is 20.5. The Balaban J connectivity index is 1.57. The van der Waals surface area contributed by atoms with Gasteiger partial charge in [0.15, 0.2) is 0 Å². The third-order valence-corrected chi connectivity index (χ3v) is 6.95. The first-order chi connectivity index (χ1) is 11.5. The Morgan fingerprint density at radius 2 is 1.83 bits per heavy atom. The predicted octanol–water partition coefficient (Wildman–Crippen LogP) is 3.50. The predicted molar refractivity (Wildman–Crippen MR) is 99.0 cm³/mol. The third-order valence-electron chi connectivity index (χ3n) is 5.13. The number of rotatable bonds is 4. The number of hydrogen-bond acceptors (Lipinski definition) is 5. The zero-order valence-corrected chi connectivity index (χ0v) is 16.2.